The number of aromatic nitrogens is 2. The number of H-pyrrole nitrogens is 1. The number of fused-ring (bicyclic) bond motifs is 1. The second kappa shape index (κ2) is 4.92. The summed E-state index contributed by atoms with van der Waals surface area (Å²) in [5.74, 6) is -0.106. The van der Waals surface area contributed by atoms with Crippen LogP contribution in [0, 0.1) is 11.6 Å². The predicted molar refractivity (Wildman–Crippen MR) is 74.5 cm³/mol. The Kier molecular flexibility index (Phi) is 3.10. The Bertz CT molecular complexity index is 752. The van der Waals surface area contributed by atoms with Crippen molar-refractivity contribution in [3.63, 3.8) is 0 Å². The molecule has 2 aromatic carbocycles. The van der Waals surface area contributed by atoms with Gasteiger partial charge in [0, 0.05) is 5.56 Å². The molecule has 1 atom stereocenters. The summed E-state index contributed by atoms with van der Waals surface area (Å²) in [7, 11) is 0. The first-order valence-electron chi connectivity index (χ1n) is 6.30. The molecular formula is C15H13F2N3. The summed E-state index contributed by atoms with van der Waals surface area (Å²) in [4.78, 5) is 7.27. The largest absolute Gasteiger partial charge is 0.349 e. The molecule has 5 heteroatoms. The Morgan fingerprint density at radius 1 is 1.15 bits per heavy atom. The minimum Gasteiger partial charge on any atom is -0.349 e. The average molecular weight is 273 g/mol. The van der Waals surface area contributed by atoms with E-state index in [4.69, 9.17) is 0 Å². The van der Waals surface area contributed by atoms with Gasteiger partial charge in [-0.25, -0.2) is 13.8 Å². The van der Waals surface area contributed by atoms with Crippen molar-refractivity contribution in [1.29, 1.82) is 0 Å². The molecule has 0 bridgehead atoms. The predicted octanol–water partition coefficient (Wildman–Crippen LogP) is 4.01. The van der Waals surface area contributed by atoms with E-state index < -0.39 is 0 Å². The first-order valence-corrected chi connectivity index (χ1v) is 6.30. The van der Waals surface area contributed by atoms with E-state index in [1.54, 1.807) is 24.3 Å². The summed E-state index contributed by atoms with van der Waals surface area (Å²) in [6.07, 6.45) is 0. The zero-order chi connectivity index (χ0) is 14.1. The van der Waals surface area contributed by atoms with E-state index in [-0.39, 0.29) is 17.7 Å². The number of aromatic amines is 1. The van der Waals surface area contributed by atoms with Gasteiger partial charge in [0.1, 0.15) is 11.6 Å². The van der Waals surface area contributed by atoms with Crippen LogP contribution in [0.25, 0.3) is 11.0 Å². The minimum absolute atomic E-state index is 0.249. The molecule has 0 fully saturated rings. The van der Waals surface area contributed by atoms with Gasteiger partial charge in [0.05, 0.1) is 17.1 Å². The first kappa shape index (κ1) is 12.6. The molecule has 3 nitrogen and oxygen atoms in total. The summed E-state index contributed by atoms with van der Waals surface area (Å²) >= 11 is 0. The molecule has 0 aliphatic carbocycles. The van der Waals surface area contributed by atoms with Crippen molar-refractivity contribution < 1.29 is 8.78 Å². The number of hydrogen-bond donors (Lipinski definition) is 2. The zero-order valence-electron chi connectivity index (χ0n) is 10.8. The van der Waals surface area contributed by atoms with E-state index in [1.807, 2.05) is 6.92 Å². The van der Waals surface area contributed by atoms with E-state index in [0.717, 1.165) is 0 Å². The van der Waals surface area contributed by atoms with Gasteiger partial charge in [-0.2, -0.15) is 0 Å². The van der Waals surface area contributed by atoms with E-state index in [0.29, 0.717) is 22.5 Å². The van der Waals surface area contributed by atoms with Crippen LogP contribution in [0.4, 0.5) is 14.7 Å². The van der Waals surface area contributed by atoms with Crippen molar-refractivity contribution >= 4 is 17.0 Å². The van der Waals surface area contributed by atoms with E-state index in [9.17, 15) is 8.78 Å². The third-order valence-corrected chi connectivity index (χ3v) is 3.17. The smallest absolute Gasteiger partial charge is 0.201 e. The van der Waals surface area contributed by atoms with Crippen molar-refractivity contribution in [2.24, 2.45) is 0 Å². The number of nitrogens with one attached hydrogen (secondary N) is 2. The molecule has 0 amide bonds. The quantitative estimate of drug-likeness (QED) is 0.756. The van der Waals surface area contributed by atoms with Gasteiger partial charge in [0.15, 0.2) is 0 Å². The Morgan fingerprint density at radius 3 is 2.75 bits per heavy atom. The molecule has 0 aliphatic rings. The SMILES string of the molecule is CC(Nc1nc2ccc(F)cc2[nH]1)c1ccccc1F. The van der Waals surface area contributed by atoms with Crippen LogP contribution in [0.2, 0.25) is 0 Å². The molecule has 20 heavy (non-hydrogen) atoms. The van der Waals surface area contributed by atoms with Crippen LogP contribution in [0.15, 0.2) is 42.5 Å². The van der Waals surface area contributed by atoms with Crippen LogP contribution in [-0.2, 0) is 0 Å². The Labute approximate surface area is 114 Å². The standard InChI is InChI=1S/C15H13F2N3/c1-9(11-4-2-3-5-12(11)17)18-15-19-13-7-6-10(16)8-14(13)20-15/h2-9H,1H3,(H2,18,19,20). The number of nitrogens with zero attached hydrogens (tertiary/aromatic N) is 1. The molecule has 0 saturated carbocycles. The molecule has 3 rings (SSSR count). The Morgan fingerprint density at radius 2 is 1.95 bits per heavy atom. The number of benzene rings is 2. The van der Waals surface area contributed by atoms with Crippen molar-refractivity contribution in [2.75, 3.05) is 5.32 Å². The third kappa shape index (κ3) is 2.34. The van der Waals surface area contributed by atoms with E-state index in [1.165, 1.54) is 18.2 Å². The van der Waals surface area contributed by atoms with Crippen LogP contribution in [-0.4, -0.2) is 9.97 Å². The summed E-state index contributed by atoms with van der Waals surface area (Å²) < 4.78 is 26.8. The number of rotatable bonds is 3. The van der Waals surface area contributed by atoms with E-state index in [2.05, 4.69) is 15.3 Å². The highest BCUT2D eigenvalue weighted by Gasteiger charge is 2.12. The highest BCUT2D eigenvalue weighted by molar-refractivity contribution is 5.77. The van der Waals surface area contributed by atoms with E-state index >= 15 is 0 Å². The van der Waals surface area contributed by atoms with Gasteiger partial charge in [0.25, 0.3) is 0 Å². The fraction of sp³-hybridized carbons (Fsp3) is 0.133. The highest BCUT2D eigenvalue weighted by atomic mass is 19.1. The van der Waals surface area contributed by atoms with Crippen molar-refractivity contribution in [2.45, 2.75) is 13.0 Å². The average Bonchev–Trinajstić information content (AvgIpc) is 2.80. The second-order valence-electron chi connectivity index (χ2n) is 4.63. The van der Waals surface area contributed by atoms with Crippen LogP contribution in [0.3, 0.4) is 0 Å². The summed E-state index contributed by atoms with van der Waals surface area (Å²) in [6.45, 7) is 1.84. The molecule has 0 aliphatic heterocycles. The molecule has 1 unspecified atom stereocenters. The van der Waals surface area contributed by atoms with Crippen LogP contribution >= 0.6 is 0 Å². The van der Waals surface area contributed by atoms with Gasteiger partial charge >= 0.3 is 0 Å². The van der Waals surface area contributed by atoms with Gasteiger partial charge in [-0.3, -0.25) is 0 Å². The van der Waals surface area contributed by atoms with Crippen molar-refractivity contribution in [1.82, 2.24) is 9.97 Å². The van der Waals surface area contributed by atoms with Gasteiger partial charge in [-0.1, -0.05) is 18.2 Å². The van der Waals surface area contributed by atoms with Crippen molar-refractivity contribution in [3.8, 4) is 0 Å². The van der Waals surface area contributed by atoms with Crippen molar-refractivity contribution in [3.05, 3.63) is 59.7 Å². The Hall–Kier alpha value is -2.43. The van der Waals surface area contributed by atoms with Crippen LogP contribution in [0.1, 0.15) is 18.5 Å². The molecule has 2 N–H and O–H groups in total. The maximum Gasteiger partial charge on any atom is 0.201 e. The summed E-state index contributed by atoms with van der Waals surface area (Å²) in [6, 6.07) is 10.6. The number of halogens is 2. The second-order valence-corrected chi connectivity index (χ2v) is 4.63. The van der Waals surface area contributed by atoms with Gasteiger partial charge in [-0.15, -0.1) is 0 Å². The monoisotopic (exact) mass is 273 g/mol. The normalized spacial score (nSPS) is 12.6. The summed E-state index contributed by atoms with van der Waals surface area (Å²) in [5.41, 5.74) is 1.82. The zero-order valence-corrected chi connectivity index (χ0v) is 10.8. The summed E-state index contributed by atoms with van der Waals surface area (Å²) in [5, 5.41) is 3.08. The fourth-order valence-corrected chi connectivity index (χ4v) is 2.16. The van der Waals surface area contributed by atoms with Gasteiger partial charge in [-0.05, 0) is 31.2 Å². The molecule has 0 saturated heterocycles. The lowest BCUT2D eigenvalue weighted by Gasteiger charge is -2.13. The Balaban J connectivity index is 1.87. The molecule has 102 valence electrons. The molecule has 1 aromatic heterocycles. The molecular weight excluding hydrogens is 260 g/mol. The first-order chi connectivity index (χ1) is 9.63. The van der Waals surface area contributed by atoms with Gasteiger partial charge in [0.2, 0.25) is 5.95 Å². The lowest BCUT2D eigenvalue weighted by atomic mass is 10.1. The maximum atomic E-state index is 13.7. The molecule has 1 heterocycles. The molecule has 0 radical (unpaired) electrons. The lowest BCUT2D eigenvalue weighted by Crippen LogP contribution is -2.09. The number of anilines is 1. The fourth-order valence-electron chi connectivity index (χ4n) is 2.16. The van der Waals surface area contributed by atoms with Gasteiger partial charge < -0.3 is 10.3 Å². The highest BCUT2D eigenvalue weighted by Crippen LogP contribution is 2.22. The topological polar surface area (TPSA) is 40.7 Å². The number of hydrogen-bond acceptors (Lipinski definition) is 2. The van der Waals surface area contributed by atoms with Crippen LogP contribution < -0.4 is 5.32 Å². The molecule has 0 spiro atoms. The number of imidazole rings is 1. The maximum absolute atomic E-state index is 13.7. The lowest BCUT2D eigenvalue weighted by molar-refractivity contribution is 0.600. The van der Waals surface area contributed by atoms with Crippen LogP contribution in [0.5, 0.6) is 0 Å². The molecule has 3 aromatic rings. The third-order valence-electron chi connectivity index (χ3n) is 3.17. The minimum atomic E-state index is -0.324.